The molecule has 33 heavy (non-hydrogen) atoms. The summed E-state index contributed by atoms with van der Waals surface area (Å²) >= 11 is 0. The maximum absolute atomic E-state index is 12.9. The number of fused-ring (bicyclic) bond motifs is 1. The van der Waals surface area contributed by atoms with Crippen LogP contribution in [0.25, 0.3) is 0 Å². The molecule has 6 heteroatoms. The van der Waals surface area contributed by atoms with E-state index in [1.807, 2.05) is 90.6 Å². The molecule has 3 aromatic rings. The van der Waals surface area contributed by atoms with Crippen molar-refractivity contribution in [2.75, 3.05) is 37.5 Å². The first-order chi connectivity index (χ1) is 16.0. The normalized spacial score (nSPS) is 12.8. The second-order valence-corrected chi connectivity index (χ2v) is 8.04. The van der Waals surface area contributed by atoms with Gasteiger partial charge in [0.25, 0.3) is 5.91 Å². The number of esters is 1. The second kappa shape index (κ2) is 9.61. The molecule has 0 unspecified atom stereocenters. The lowest BCUT2D eigenvalue weighted by atomic mass is 9.94. The zero-order chi connectivity index (χ0) is 23.4. The lowest BCUT2D eigenvalue weighted by Crippen LogP contribution is -2.35. The van der Waals surface area contributed by atoms with E-state index >= 15 is 0 Å². The van der Waals surface area contributed by atoms with Crippen molar-refractivity contribution >= 4 is 28.9 Å². The van der Waals surface area contributed by atoms with E-state index in [4.69, 9.17) is 4.74 Å². The third-order valence-corrected chi connectivity index (χ3v) is 5.70. The highest BCUT2D eigenvalue weighted by molar-refractivity contribution is 5.99. The molecule has 0 saturated heterocycles. The molecule has 6 nitrogen and oxygen atoms in total. The minimum atomic E-state index is -0.437. The maximum Gasteiger partial charge on any atom is 0.355 e. The number of nitrogens with one attached hydrogen (secondary N) is 1. The smallest absolute Gasteiger partial charge is 0.355 e. The fourth-order valence-electron chi connectivity index (χ4n) is 3.99. The molecule has 3 aromatic carbocycles. The quantitative estimate of drug-likeness (QED) is 0.578. The van der Waals surface area contributed by atoms with Crippen molar-refractivity contribution in [3.05, 3.63) is 101 Å². The number of amides is 1. The fraction of sp³-hybridized carbons (Fsp3) is 0.185. The lowest BCUT2D eigenvalue weighted by molar-refractivity contribution is -0.136. The van der Waals surface area contributed by atoms with Gasteiger partial charge in [0, 0.05) is 43.3 Å². The Hall–Kier alpha value is -4.06. The molecule has 168 valence electrons. The molecule has 1 N–H and O–H groups in total. The first-order valence-corrected chi connectivity index (χ1v) is 10.8. The molecule has 1 aliphatic heterocycles. The Morgan fingerprint density at radius 3 is 2.27 bits per heavy atom. The van der Waals surface area contributed by atoms with Gasteiger partial charge in [-0.3, -0.25) is 4.79 Å². The number of carbonyl (C=O) groups is 2. The van der Waals surface area contributed by atoms with Crippen molar-refractivity contribution in [2.24, 2.45) is 0 Å². The molecular formula is C27H27N3O3. The van der Waals surface area contributed by atoms with Crippen molar-refractivity contribution in [1.29, 1.82) is 0 Å². The molecule has 1 amide bonds. The number of methoxy groups -OCH3 is 1. The van der Waals surface area contributed by atoms with Crippen molar-refractivity contribution < 1.29 is 14.3 Å². The van der Waals surface area contributed by atoms with Crippen LogP contribution in [0.1, 0.15) is 15.9 Å². The van der Waals surface area contributed by atoms with E-state index in [-0.39, 0.29) is 12.5 Å². The number of ether oxygens (including phenoxy) is 1. The van der Waals surface area contributed by atoms with Crippen LogP contribution in [0.4, 0.5) is 17.1 Å². The van der Waals surface area contributed by atoms with Gasteiger partial charge in [0.15, 0.2) is 0 Å². The predicted octanol–water partition coefficient (Wildman–Crippen LogP) is 4.30. The predicted molar refractivity (Wildman–Crippen MR) is 131 cm³/mol. The molecular weight excluding hydrogens is 414 g/mol. The Balaban J connectivity index is 1.67. The molecule has 1 heterocycles. The largest absolute Gasteiger partial charge is 0.464 e. The Morgan fingerprint density at radius 2 is 1.61 bits per heavy atom. The van der Waals surface area contributed by atoms with Crippen molar-refractivity contribution in [2.45, 2.75) is 6.42 Å². The lowest BCUT2D eigenvalue weighted by Gasteiger charge is -2.34. The Bertz CT molecular complexity index is 1180. The van der Waals surface area contributed by atoms with Gasteiger partial charge in [-0.2, -0.15) is 0 Å². The minimum absolute atomic E-state index is 0.192. The molecule has 0 aliphatic carbocycles. The molecule has 0 bridgehead atoms. The maximum atomic E-state index is 12.9. The van der Waals surface area contributed by atoms with Crippen LogP contribution < -0.4 is 15.1 Å². The van der Waals surface area contributed by atoms with E-state index in [9.17, 15) is 9.59 Å². The van der Waals surface area contributed by atoms with Crippen LogP contribution in [0.3, 0.4) is 0 Å². The van der Waals surface area contributed by atoms with Gasteiger partial charge < -0.3 is 19.9 Å². The number of carbonyl (C=O) groups excluding carboxylic acids is 2. The topological polar surface area (TPSA) is 61.9 Å². The monoisotopic (exact) mass is 441 g/mol. The minimum Gasteiger partial charge on any atom is -0.464 e. The third-order valence-electron chi connectivity index (χ3n) is 5.70. The first-order valence-electron chi connectivity index (χ1n) is 10.8. The fourth-order valence-corrected chi connectivity index (χ4v) is 3.99. The van der Waals surface area contributed by atoms with E-state index in [0.29, 0.717) is 17.7 Å². The van der Waals surface area contributed by atoms with Crippen LogP contribution in [-0.2, 0) is 16.0 Å². The number of nitrogens with zero attached hydrogens (tertiary/aromatic N) is 2. The van der Waals surface area contributed by atoms with Gasteiger partial charge in [-0.1, -0.05) is 36.4 Å². The van der Waals surface area contributed by atoms with Crippen LogP contribution in [0.5, 0.6) is 0 Å². The number of benzene rings is 3. The van der Waals surface area contributed by atoms with Crippen molar-refractivity contribution in [3.63, 3.8) is 0 Å². The van der Waals surface area contributed by atoms with Crippen molar-refractivity contribution in [3.8, 4) is 0 Å². The zero-order valence-electron chi connectivity index (χ0n) is 19.0. The molecule has 0 aromatic heterocycles. The molecule has 4 rings (SSSR count). The summed E-state index contributed by atoms with van der Waals surface area (Å²) in [5, 5.41) is 2.98. The van der Waals surface area contributed by atoms with E-state index in [1.54, 1.807) is 12.1 Å². The summed E-state index contributed by atoms with van der Waals surface area (Å²) in [6.07, 6.45) is 0.545. The molecule has 0 atom stereocenters. The van der Waals surface area contributed by atoms with Crippen LogP contribution in [0.15, 0.2) is 90.1 Å². The van der Waals surface area contributed by atoms with E-state index in [1.165, 1.54) is 7.11 Å². The van der Waals surface area contributed by atoms with Gasteiger partial charge in [0.2, 0.25) is 0 Å². The summed E-state index contributed by atoms with van der Waals surface area (Å²) in [6.45, 7) is 0.233. The summed E-state index contributed by atoms with van der Waals surface area (Å²) in [6, 6.07) is 25.1. The number of rotatable bonds is 6. The van der Waals surface area contributed by atoms with E-state index in [2.05, 4.69) is 5.32 Å². The van der Waals surface area contributed by atoms with Gasteiger partial charge in [-0.15, -0.1) is 0 Å². The van der Waals surface area contributed by atoms with Crippen LogP contribution in [-0.4, -0.2) is 39.6 Å². The number of para-hydroxylation sites is 2. The molecule has 0 fully saturated rings. The van der Waals surface area contributed by atoms with E-state index in [0.717, 1.165) is 28.2 Å². The summed E-state index contributed by atoms with van der Waals surface area (Å²) < 4.78 is 5.16. The van der Waals surface area contributed by atoms with Gasteiger partial charge in [0.05, 0.1) is 7.11 Å². The number of anilines is 3. The van der Waals surface area contributed by atoms with E-state index < -0.39 is 5.97 Å². The summed E-state index contributed by atoms with van der Waals surface area (Å²) in [7, 11) is 5.28. The molecule has 1 aliphatic rings. The van der Waals surface area contributed by atoms with Crippen LogP contribution >= 0.6 is 0 Å². The Kier molecular flexibility index (Phi) is 6.45. The highest BCUT2D eigenvalue weighted by Crippen LogP contribution is 2.39. The second-order valence-electron chi connectivity index (χ2n) is 8.04. The van der Waals surface area contributed by atoms with Gasteiger partial charge in [0.1, 0.15) is 5.70 Å². The van der Waals surface area contributed by atoms with Crippen LogP contribution in [0.2, 0.25) is 0 Å². The first kappa shape index (κ1) is 22.1. The number of hydrogen-bond donors (Lipinski definition) is 1. The van der Waals surface area contributed by atoms with Crippen molar-refractivity contribution in [1.82, 2.24) is 5.32 Å². The third kappa shape index (κ3) is 4.60. The highest BCUT2D eigenvalue weighted by atomic mass is 16.5. The number of hydrogen-bond acceptors (Lipinski definition) is 5. The highest BCUT2D eigenvalue weighted by Gasteiger charge is 2.31. The molecule has 0 radical (unpaired) electrons. The van der Waals surface area contributed by atoms with Gasteiger partial charge in [-0.25, -0.2) is 4.79 Å². The SMILES string of the molecule is COC(=O)C1=C(CNC(=O)c2ccc(N(C)C)cc2)Cc2ccccc2N1c1ccccc1. The summed E-state index contributed by atoms with van der Waals surface area (Å²) in [4.78, 5) is 29.7. The zero-order valence-corrected chi connectivity index (χ0v) is 19.0. The van der Waals surface area contributed by atoms with Gasteiger partial charge in [-0.05, 0) is 60.0 Å². The molecule has 0 spiro atoms. The Labute approximate surface area is 194 Å². The average Bonchev–Trinajstić information content (AvgIpc) is 2.86. The molecule has 0 saturated carbocycles. The standard InChI is InChI=1S/C27H27N3O3/c1-29(2)22-15-13-19(14-16-22)26(31)28-18-21-17-20-9-7-8-12-24(20)30(25(21)27(32)33-3)23-10-5-4-6-11-23/h4-16H,17-18H2,1-3H3,(H,28,31). The summed E-state index contributed by atoms with van der Waals surface area (Å²) in [5.41, 5.74) is 5.68. The van der Waals surface area contributed by atoms with Crippen LogP contribution in [0, 0.1) is 0 Å². The summed E-state index contributed by atoms with van der Waals surface area (Å²) in [5.74, 6) is -0.630. The average molecular weight is 442 g/mol. The Morgan fingerprint density at radius 1 is 0.939 bits per heavy atom. The van der Waals surface area contributed by atoms with Gasteiger partial charge >= 0.3 is 5.97 Å².